The number of carbonyl (C=O) groups excluding carboxylic acids is 3. The Hall–Kier alpha value is -3.48. The third kappa shape index (κ3) is 4.60. The molecule has 0 aromatic heterocycles. The molecule has 0 unspecified atom stereocenters. The molecule has 0 spiro atoms. The maximum atomic E-state index is 14.7. The second kappa shape index (κ2) is 9.41. The van der Waals surface area contributed by atoms with Gasteiger partial charge in [-0.2, -0.15) is 0 Å². The summed E-state index contributed by atoms with van der Waals surface area (Å²) in [6, 6.07) is 12.1. The summed E-state index contributed by atoms with van der Waals surface area (Å²) in [5, 5.41) is 2.90. The van der Waals surface area contributed by atoms with Crippen LogP contribution in [-0.4, -0.2) is 60.2 Å². The molecule has 1 aliphatic carbocycles. The van der Waals surface area contributed by atoms with Crippen molar-refractivity contribution in [1.82, 2.24) is 15.1 Å². The summed E-state index contributed by atoms with van der Waals surface area (Å²) < 4.78 is 14.7. The highest BCUT2D eigenvalue weighted by molar-refractivity contribution is 6.00. The molecule has 3 aliphatic rings. The molecular weight excluding hydrogens is 433 g/mol. The van der Waals surface area contributed by atoms with Gasteiger partial charge in [-0.1, -0.05) is 30.3 Å². The summed E-state index contributed by atoms with van der Waals surface area (Å²) in [6.07, 6.45) is 5.21. The van der Waals surface area contributed by atoms with E-state index in [9.17, 15) is 18.8 Å². The van der Waals surface area contributed by atoms with Crippen molar-refractivity contribution in [2.24, 2.45) is 5.92 Å². The van der Waals surface area contributed by atoms with E-state index in [1.165, 1.54) is 6.07 Å². The largest absolute Gasteiger partial charge is 0.352 e. The molecule has 34 heavy (non-hydrogen) atoms. The lowest BCUT2D eigenvalue weighted by molar-refractivity contribution is -0.134. The predicted molar refractivity (Wildman–Crippen MR) is 127 cm³/mol. The molecule has 5 rings (SSSR count). The van der Waals surface area contributed by atoms with Gasteiger partial charge < -0.3 is 15.1 Å². The highest BCUT2D eigenvalue weighted by atomic mass is 19.1. The molecule has 1 saturated heterocycles. The first-order valence-electron chi connectivity index (χ1n) is 11.9. The molecule has 2 fully saturated rings. The number of hydrogen-bond donors (Lipinski definition) is 1. The third-order valence-electron chi connectivity index (χ3n) is 6.80. The number of amides is 3. The van der Waals surface area contributed by atoms with Crippen molar-refractivity contribution < 1.29 is 18.8 Å². The van der Waals surface area contributed by atoms with Gasteiger partial charge in [-0.05, 0) is 60.6 Å². The molecule has 1 N–H and O–H groups in total. The van der Waals surface area contributed by atoms with Crippen molar-refractivity contribution in [3.05, 3.63) is 76.6 Å². The summed E-state index contributed by atoms with van der Waals surface area (Å²) in [4.78, 5) is 41.3. The molecule has 1 saturated carbocycles. The molecule has 2 aromatic rings. The lowest BCUT2D eigenvalue weighted by atomic mass is 9.91. The third-order valence-corrected chi connectivity index (χ3v) is 6.80. The van der Waals surface area contributed by atoms with Crippen LogP contribution in [-0.2, 0) is 11.2 Å². The standard InChI is InChI=1S/C27H28FN3O3/c28-24-10-7-18(16-20-4-3-11-29-25(32)22-6-2-1-5-21(20)22)17-23(24)27(34)31-14-12-30(13-15-31)26(33)19-8-9-19/h1-2,4-7,10,17,19H,3,8-9,11-16H2,(H,29,32). The molecule has 2 heterocycles. The molecule has 7 heteroatoms. The van der Waals surface area contributed by atoms with Gasteiger partial charge in [0.25, 0.3) is 11.8 Å². The molecule has 0 bridgehead atoms. The lowest BCUT2D eigenvalue weighted by Crippen LogP contribution is -2.51. The number of nitrogens with one attached hydrogen (secondary N) is 1. The lowest BCUT2D eigenvalue weighted by Gasteiger charge is -2.35. The fourth-order valence-corrected chi connectivity index (χ4v) is 4.72. The number of allylic oxidation sites excluding steroid dienone is 1. The number of rotatable bonds is 4. The van der Waals surface area contributed by atoms with Gasteiger partial charge in [-0.3, -0.25) is 14.4 Å². The van der Waals surface area contributed by atoms with Crippen molar-refractivity contribution in [3.63, 3.8) is 0 Å². The molecule has 3 amide bonds. The van der Waals surface area contributed by atoms with Gasteiger partial charge in [0.1, 0.15) is 5.82 Å². The van der Waals surface area contributed by atoms with Crippen molar-refractivity contribution in [1.29, 1.82) is 0 Å². The van der Waals surface area contributed by atoms with E-state index in [2.05, 4.69) is 11.4 Å². The van der Waals surface area contributed by atoms with Crippen LogP contribution in [0.4, 0.5) is 4.39 Å². The molecule has 2 aliphatic heterocycles. The Labute approximate surface area is 198 Å². The Morgan fingerprint density at radius 1 is 0.971 bits per heavy atom. The van der Waals surface area contributed by atoms with Crippen LogP contribution in [0.3, 0.4) is 0 Å². The van der Waals surface area contributed by atoms with E-state index in [0.717, 1.165) is 29.5 Å². The first kappa shape index (κ1) is 22.3. The number of benzene rings is 2. The number of halogens is 1. The average molecular weight is 462 g/mol. The van der Waals surface area contributed by atoms with E-state index in [1.54, 1.807) is 23.1 Å². The zero-order chi connectivity index (χ0) is 23.7. The molecule has 6 nitrogen and oxygen atoms in total. The Kier molecular flexibility index (Phi) is 6.18. The number of carbonyl (C=O) groups is 3. The van der Waals surface area contributed by atoms with Crippen LogP contribution in [0.1, 0.15) is 51.1 Å². The summed E-state index contributed by atoms with van der Waals surface area (Å²) in [5.74, 6) is -0.645. The van der Waals surface area contributed by atoms with E-state index < -0.39 is 5.82 Å². The second-order valence-corrected chi connectivity index (χ2v) is 9.20. The van der Waals surface area contributed by atoms with E-state index in [4.69, 9.17) is 0 Å². The summed E-state index contributed by atoms with van der Waals surface area (Å²) >= 11 is 0. The maximum Gasteiger partial charge on any atom is 0.256 e. The van der Waals surface area contributed by atoms with Crippen LogP contribution in [0.2, 0.25) is 0 Å². The topological polar surface area (TPSA) is 69.7 Å². The number of nitrogens with zero attached hydrogens (tertiary/aromatic N) is 2. The number of hydrogen-bond acceptors (Lipinski definition) is 3. The van der Waals surface area contributed by atoms with Crippen molar-refractivity contribution >= 4 is 23.3 Å². The smallest absolute Gasteiger partial charge is 0.256 e. The fourth-order valence-electron chi connectivity index (χ4n) is 4.72. The van der Waals surface area contributed by atoms with Gasteiger partial charge in [-0.15, -0.1) is 0 Å². The SMILES string of the molecule is O=C1NCCC=C(Cc2ccc(F)c(C(=O)N3CCN(C(=O)C4CC4)CC3)c2)c2ccccc21. The first-order chi connectivity index (χ1) is 16.5. The Bertz CT molecular complexity index is 1160. The average Bonchev–Trinajstić information content (AvgIpc) is 3.71. The number of fused-ring (bicyclic) bond motifs is 1. The summed E-state index contributed by atoms with van der Waals surface area (Å²) in [6.45, 7) is 2.37. The fraction of sp³-hybridized carbons (Fsp3) is 0.370. The van der Waals surface area contributed by atoms with Gasteiger partial charge in [0.2, 0.25) is 5.91 Å². The van der Waals surface area contributed by atoms with E-state index >= 15 is 0 Å². The Morgan fingerprint density at radius 2 is 1.68 bits per heavy atom. The summed E-state index contributed by atoms with van der Waals surface area (Å²) in [5.41, 5.74) is 3.33. The van der Waals surface area contributed by atoms with E-state index in [-0.39, 0.29) is 29.2 Å². The quantitative estimate of drug-likeness (QED) is 0.760. The Balaban J connectivity index is 1.33. The Morgan fingerprint density at radius 3 is 2.41 bits per heavy atom. The van der Waals surface area contributed by atoms with Gasteiger partial charge in [0.05, 0.1) is 5.56 Å². The van der Waals surface area contributed by atoms with Crippen LogP contribution in [0.15, 0.2) is 48.5 Å². The van der Waals surface area contributed by atoms with Gasteiger partial charge in [0, 0.05) is 44.2 Å². The highest BCUT2D eigenvalue weighted by Gasteiger charge is 2.35. The minimum atomic E-state index is -0.545. The monoisotopic (exact) mass is 461 g/mol. The minimum absolute atomic E-state index is 0.0527. The summed E-state index contributed by atoms with van der Waals surface area (Å²) in [7, 11) is 0. The maximum absolute atomic E-state index is 14.7. The van der Waals surface area contributed by atoms with Crippen molar-refractivity contribution in [3.8, 4) is 0 Å². The highest BCUT2D eigenvalue weighted by Crippen LogP contribution is 2.31. The van der Waals surface area contributed by atoms with E-state index in [0.29, 0.717) is 51.1 Å². The molecule has 0 radical (unpaired) electrons. The normalized spacial score (nSPS) is 18.4. The predicted octanol–water partition coefficient (Wildman–Crippen LogP) is 3.28. The van der Waals surface area contributed by atoms with Crippen LogP contribution >= 0.6 is 0 Å². The van der Waals surface area contributed by atoms with E-state index in [1.807, 2.05) is 23.1 Å². The van der Waals surface area contributed by atoms with Crippen LogP contribution in [0.25, 0.3) is 5.57 Å². The molecule has 0 atom stereocenters. The van der Waals surface area contributed by atoms with Crippen molar-refractivity contribution in [2.45, 2.75) is 25.7 Å². The van der Waals surface area contributed by atoms with Gasteiger partial charge >= 0.3 is 0 Å². The van der Waals surface area contributed by atoms with Crippen LogP contribution in [0.5, 0.6) is 0 Å². The zero-order valence-electron chi connectivity index (χ0n) is 19.1. The van der Waals surface area contributed by atoms with Crippen LogP contribution < -0.4 is 5.32 Å². The second-order valence-electron chi connectivity index (χ2n) is 9.20. The molecule has 2 aromatic carbocycles. The first-order valence-corrected chi connectivity index (χ1v) is 11.9. The van der Waals surface area contributed by atoms with Crippen molar-refractivity contribution in [2.75, 3.05) is 32.7 Å². The van der Waals surface area contributed by atoms with Gasteiger partial charge in [0.15, 0.2) is 0 Å². The minimum Gasteiger partial charge on any atom is -0.352 e. The molecular formula is C27H28FN3O3. The molecule has 176 valence electrons. The zero-order valence-corrected chi connectivity index (χ0v) is 19.1. The number of piperazine rings is 1. The van der Waals surface area contributed by atoms with Gasteiger partial charge in [-0.25, -0.2) is 4.39 Å². The van der Waals surface area contributed by atoms with Crippen LogP contribution in [0, 0.1) is 11.7 Å².